The van der Waals surface area contributed by atoms with Crippen molar-refractivity contribution in [1.29, 1.82) is 0 Å². The van der Waals surface area contributed by atoms with Crippen LogP contribution in [0.25, 0.3) is 0 Å². The van der Waals surface area contributed by atoms with Gasteiger partial charge in [0.05, 0.1) is 12.9 Å². The smallest absolute Gasteiger partial charge is 0.323 e. The Hall–Kier alpha value is -0.660. The van der Waals surface area contributed by atoms with E-state index in [1.807, 2.05) is 11.8 Å². The quantitative estimate of drug-likeness (QED) is 0.715. The average Bonchev–Trinajstić information content (AvgIpc) is 2.28. The minimum atomic E-state index is -3.20. The van der Waals surface area contributed by atoms with Gasteiger partial charge in [0.1, 0.15) is 6.04 Å². The van der Waals surface area contributed by atoms with Gasteiger partial charge in [0.15, 0.2) is 0 Å². The first-order valence-electron chi connectivity index (χ1n) is 6.75. The van der Waals surface area contributed by atoms with Crippen molar-refractivity contribution in [3.05, 3.63) is 0 Å². The minimum absolute atomic E-state index is 0.118. The van der Waals surface area contributed by atoms with Gasteiger partial charge in [-0.05, 0) is 32.7 Å². The van der Waals surface area contributed by atoms with Crippen LogP contribution in [0.2, 0.25) is 0 Å². The number of carbonyl (C=O) groups is 1. The maximum atomic E-state index is 11.9. The lowest BCUT2D eigenvalue weighted by Gasteiger charge is -2.36. The topological polar surface area (TPSA) is 75.7 Å². The van der Waals surface area contributed by atoms with Crippen LogP contribution in [0.1, 0.15) is 33.1 Å². The van der Waals surface area contributed by atoms with E-state index in [-0.39, 0.29) is 18.1 Å². The van der Waals surface area contributed by atoms with Crippen molar-refractivity contribution < 1.29 is 17.9 Å². The number of sulfonamides is 1. The van der Waals surface area contributed by atoms with Crippen LogP contribution >= 0.6 is 0 Å². The number of likely N-dealkylation sites (tertiary alicyclic amines) is 1. The zero-order valence-electron chi connectivity index (χ0n) is 11.9. The fourth-order valence-corrected chi connectivity index (χ4v) is 3.30. The van der Waals surface area contributed by atoms with E-state index < -0.39 is 10.0 Å². The van der Waals surface area contributed by atoms with Crippen molar-refractivity contribution in [3.8, 4) is 0 Å². The largest absolute Gasteiger partial charge is 0.465 e. The lowest BCUT2D eigenvalue weighted by atomic mass is 10.0. The van der Waals surface area contributed by atoms with E-state index >= 15 is 0 Å². The Balaban J connectivity index is 2.64. The first kappa shape index (κ1) is 16.4. The zero-order valence-corrected chi connectivity index (χ0v) is 12.7. The summed E-state index contributed by atoms with van der Waals surface area (Å²) < 4.78 is 30.2. The molecule has 1 rings (SSSR count). The summed E-state index contributed by atoms with van der Waals surface area (Å²) in [7, 11) is -3.20. The highest BCUT2D eigenvalue weighted by molar-refractivity contribution is 7.88. The molecule has 19 heavy (non-hydrogen) atoms. The third kappa shape index (κ3) is 5.46. The summed E-state index contributed by atoms with van der Waals surface area (Å²) in [5.41, 5.74) is 0. The van der Waals surface area contributed by atoms with Gasteiger partial charge in [-0.2, -0.15) is 0 Å². The molecule has 6 nitrogen and oxygen atoms in total. The van der Waals surface area contributed by atoms with E-state index in [0.29, 0.717) is 19.6 Å². The molecule has 1 aliphatic rings. The minimum Gasteiger partial charge on any atom is -0.465 e. The molecule has 1 heterocycles. The van der Waals surface area contributed by atoms with Crippen LogP contribution in [-0.4, -0.2) is 57.3 Å². The van der Waals surface area contributed by atoms with Crippen LogP contribution in [0.15, 0.2) is 0 Å². The molecule has 0 aliphatic carbocycles. The van der Waals surface area contributed by atoms with E-state index in [1.54, 1.807) is 6.92 Å². The normalized spacial score (nSPS) is 23.0. The summed E-state index contributed by atoms with van der Waals surface area (Å²) in [5, 5.41) is 0. The molecule has 7 heteroatoms. The number of ether oxygens (including phenoxy) is 1. The Morgan fingerprint density at radius 2 is 2.16 bits per heavy atom. The van der Waals surface area contributed by atoms with Crippen LogP contribution in [0, 0.1) is 0 Å². The molecule has 0 saturated carbocycles. The second-order valence-corrected chi connectivity index (χ2v) is 6.68. The lowest BCUT2D eigenvalue weighted by Crippen LogP contribution is -2.53. The number of nitrogens with one attached hydrogen (secondary N) is 1. The molecule has 0 spiro atoms. The molecule has 1 saturated heterocycles. The molecular formula is C12H24N2O4S. The summed E-state index contributed by atoms with van der Waals surface area (Å²) in [5.74, 6) is -0.218. The molecule has 1 aliphatic heterocycles. The predicted molar refractivity (Wildman–Crippen MR) is 73.3 cm³/mol. The summed E-state index contributed by atoms with van der Waals surface area (Å²) in [6.45, 7) is 5.46. The van der Waals surface area contributed by atoms with Gasteiger partial charge in [-0.15, -0.1) is 0 Å². The Kier molecular flexibility index (Phi) is 6.22. The summed E-state index contributed by atoms with van der Waals surface area (Å²) >= 11 is 0. The molecule has 0 aromatic carbocycles. The van der Waals surface area contributed by atoms with Crippen molar-refractivity contribution in [1.82, 2.24) is 9.62 Å². The zero-order chi connectivity index (χ0) is 14.5. The van der Waals surface area contributed by atoms with Gasteiger partial charge in [-0.25, -0.2) is 13.1 Å². The van der Waals surface area contributed by atoms with Crippen molar-refractivity contribution in [3.63, 3.8) is 0 Å². The van der Waals surface area contributed by atoms with Crippen LogP contribution in [0.4, 0.5) is 0 Å². The fraction of sp³-hybridized carbons (Fsp3) is 0.917. The Bertz CT molecular complexity index is 397. The first-order valence-corrected chi connectivity index (χ1v) is 8.64. The van der Waals surface area contributed by atoms with Crippen molar-refractivity contribution in [2.45, 2.75) is 45.2 Å². The summed E-state index contributed by atoms with van der Waals surface area (Å²) in [4.78, 5) is 13.9. The molecule has 112 valence electrons. The number of esters is 1. The SMILES string of the molecule is CCOC(=O)[C@@H](CC)N1CCC[C@@H](NS(C)(=O)=O)C1. The molecule has 2 atom stereocenters. The second kappa shape index (κ2) is 7.21. The van der Waals surface area contributed by atoms with E-state index in [1.165, 1.54) is 0 Å². The van der Waals surface area contributed by atoms with Crippen LogP contribution < -0.4 is 4.72 Å². The molecule has 0 radical (unpaired) electrons. The van der Waals surface area contributed by atoms with Gasteiger partial charge >= 0.3 is 5.97 Å². The van der Waals surface area contributed by atoms with Crippen molar-refractivity contribution in [2.24, 2.45) is 0 Å². The van der Waals surface area contributed by atoms with Gasteiger partial charge < -0.3 is 4.74 Å². The van der Waals surface area contributed by atoms with Crippen LogP contribution in [0.3, 0.4) is 0 Å². The molecular weight excluding hydrogens is 268 g/mol. The predicted octanol–water partition coefficient (Wildman–Crippen LogP) is 0.342. The number of piperidine rings is 1. The monoisotopic (exact) mass is 292 g/mol. The summed E-state index contributed by atoms with van der Waals surface area (Å²) in [6, 6.07) is -0.392. The average molecular weight is 292 g/mol. The van der Waals surface area contributed by atoms with Gasteiger partial charge in [0.25, 0.3) is 0 Å². The lowest BCUT2D eigenvalue weighted by molar-refractivity contribution is -0.150. The highest BCUT2D eigenvalue weighted by Gasteiger charge is 2.31. The third-order valence-electron chi connectivity index (χ3n) is 3.22. The van der Waals surface area contributed by atoms with Gasteiger partial charge in [0.2, 0.25) is 10.0 Å². The maximum absolute atomic E-state index is 11.9. The second-order valence-electron chi connectivity index (χ2n) is 4.90. The number of nitrogens with zero attached hydrogens (tertiary/aromatic N) is 1. The standard InChI is InChI=1S/C12H24N2O4S/c1-4-11(12(15)18-5-2)14-8-6-7-10(9-14)13-19(3,16)17/h10-11,13H,4-9H2,1-3H3/t10-,11-/m1/s1. The van der Waals surface area contributed by atoms with Crippen molar-refractivity contribution in [2.75, 3.05) is 26.0 Å². The maximum Gasteiger partial charge on any atom is 0.323 e. The highest BCUT2D eigenvalue weighted by atomic mass is 32.2. The fourth-order valence-electron chi connectivity index (χ4n) is 2.50. The summed E-state index contributed by atoms with van der Waals surface area (Å²) in [6.07, 6.45) is 3.52. The molecule has 1 fully saturated rings. The number of carbonyl (C=O) groups excluding carboxylic acids is 1. The Morgan fingerprint density at radius 3 is 2.68 bits per heavy atom. The third-order valence-corrected chi connectivity index (χ3v) is 3.98. The molecule has 0 aromatic heterocycles. The van der Waals surface area contributed by atoms with Crippen LogP contribution in [-0.2, 0) is 19.6 Å². The molecule has 0 unspecified atom stereocenters. The van der Waals surface area contributed by atoms with E-state index in [4.69, 9.17) is 4.74 Å². The van der Waals surface area contributed by atoms with E-state index in [9.17, 15) is 13.2 Å². The number of hydrogen-bond acceptors (Lipinski definition) is 5. The van der Waals surface area contributed by atoms with Gasteiger partial charge in [-0.3, -0.25) is 9.69 Å². The molecule has 0 aromatic rings. The number of rotatable bonds is 6. The Labute approximate surface area is 115 Å². The van der Waals surface area contributed by atoms with Gasteiger partial charge in [0, 0.05) is 12.6 Å². The molecule has 0 amide bonds. The van der Waals surface area contributed by atoms with Crippen LogP contribution in [0.5, 0.6) is 0 Å². The number of hydrogen-bond donors (Lipinski definition) is 1. The van der Waals surface area contributed by atoms with Gasteiger partial charge in [-0.1, -0.05) is 6.92 Å². The molecule has 1 N–H and O–H groups in total. The highest BCUT2D eigenvalue weighted by Crippen LogP contribution is 2.16. The first-order chi connectivity index (χ1) is 8.87. The van der Waals surface area contributed by atoms with E-state index in [2.05, 4.69) is 4.72 Å². The Morgan fingerprint density at radius 1 is 1.47 bits per heavy atom. The van der Waals surface area contributed by atoms with Crippen molar-refractivity contribution >= 4 is 16.0 Å². The molecule has 0 bridgehead atoms. The van der Waals surface area contributed by atoms with E-state index in [0.717, 1.165) is 25.6 Å².